The van der Waals surface area contributed by atoms with E-state index in [0.29, 0.717) is 22.7 Å². The molecule has 114 valence electrons. The summed E-state index contributed by atoms with van der Waals surface area (Å²) in [6.07, 6.45) is 0. The topological polar surface area (TPSA) is 79.5 Å². The molecule has 0 aliphatic rings. The molecule has 0 fully saturated rings. The van der Waals surface area contributed by atoms with Gasteiger partial charge < -0.3 is 20.7 Å². The summed E-state index contributed by atoms with van der Waals surface area (Å²) in [6, 6.07) is 13.3. The molecule has 2 rings (SSSR count). The smallest absolute Gasteiger partial charge is 0.323 e. The predicted molar refractivity (Wildman–Crippen MR) is 85.5 cm³/mol. The summed E-state index contributed by atoms with van der Waals surface area (Å²) in [6.45, 7) is 0. The molecule has 0 saturated heterocycles. The van der Waals surface area contributed by atoms with Crippen molar-refractivity contribution in [2.75, 3.05) is 24.8 Å². The van der Waals surface area contributed by atoms with E-state index in [9.17, 15) is 9.59 Å². The van der Waals surface area contributed by atoms with Gasteiger partial charge in [0.2, 0.25) is 0 Å². The Balaban J connectivity index is 2.01. The van der Waals surface area contributed by atoms with E-state index < -0.39 is 6.03 Å². The first-order valence-corrected chi connectivity index (χ1v) is 6.67. The van der Waals surface area contributed by atoms with Crippen LogP contribution in [-0.4, -0.2) is 26.1 Å². The van der Waals surface area contributed by atoms with Gasteiger partial charge in [-0.15, -0.1) is 0 Å². The molecular formula is C16H17N3O3. The number of methoxy groups -OCH3 is 1. The van der Waals surface area contributed by atoms with Crippen LogP contribution in [-0.2, 0) is 0 Å². The van der Waals surface area contributed by atoms with Gasteiger partial charge in [-0.25, -0.2) is 4.79 Å². The van der Waals surface area contributed by atoms with Crippen LogP contribution in [0.5, 0.6) is 5.75 Å². The van der Waals surface area contributed by atoms with E-state index >= 15 is 0 Å². The summed E-state index contributed by atoms with van der Waals surface area (Å²) in [4.78, 5) is 23.4. The summed E-state index contributed by atoms with van der Waals surface area (Å²) < 4.78 is 5.16. The minimum Gasteiger partial charge on any atom is -0.495 e. The highest BCUT2D eigenvalue weighted by molar-refractivity contribution is 6.01. The lowest BCUT2D eigenvalue weighted by Gasteiger charge is -2.11. The number of para-hydroxylation sites is 2. The average Bonchev–Trinajstić information content (AvgIpc) is 2.55. The third kappa shape index (κ3) is 3.76. The number of benzene rings is 2. The van der Waals surface area contributed by atoms with Gasteiger partial charge in [-0.05, 0) is 36.4 Å². The first-order chi connectivity index (χ1) is 10.6. The third-order valence-corrected chi connectivity index (χ3v) is 2.99. The second kappa shape index (κ2) is 7.12. The van der Waals surface area contributed by atoms with E-state index in [1.807, 2.05) is 6.07 Å². The molecule has 0 bridgehead atoms. The van der Waals surface area contributed by atoms with Gasteiger partial charge in [0.15, 0.2) is 0 Å². The minimum absolute atomic E-state index is 0.176. The van der Waals surface area contributed by atoms with Crippen LogP contribution in [0.15, 0.2) is 48.5 Å². The number of hydrogen-bond acceptors (Lipinski definition) is 3. The zero-order valence-electron chi connectivity index (χ0n) is 12.3. The predicted octanol–water partition coefficient (Wildman–Crippen LogP) is 2.70. The molecule has 2 aromatic rings. The highest BCUT2D eigenvalue weighted by Gasteiger charge is 2.07. The minimum atomic E-state index is -0.391. The van der Waals surface area contributed by atoms with Crippen LogP contribution in [0, 0.1) is 0 Å². The number of carbonyl (C=O) groups is 2. The lowest BCUT2D eigenvalue weighted by atomic mass is 10.2. The molecule has 0 spiro atoms. The molecule has 2 aromatic carbocycles. The summed E-state index contributed by atoms with van der Waals surface area (Å²) in [5.41, 5.74) is 1.68. The van der Waals surface area contributed by atoms with Crippen molar-refractivity contribution in [3.05, 3.63) is 54.1 Å². The van der Waals surface area contributed by atoms with Crippen LogP contribution in [0.25, 0.3) is 0 Å². The summed E-state index contributed by atoms with van der Waals surface area (Å²) >= 11 is 0. The van der Waals surface area contributed by atoms with Gasteiger partial charge in [0.25, 0.3) is 5.91 Å². The summed E-state index contributed by atoms with van der Waals surface area (Å²) in [5.74, 6) is 0.401. The Bertz CT molecular complexity index is 669. The summed E-state index contributed by atoms with van der Waals surface area (Å²) in [7, 11) is 3.10. The lowest BCUT2D eigenvalue weighted by molar-refractivity contribution is 0.0963. The van der Waals surface area contributed by atoms with E-state index in [4.69, 9.17) is 4.74 Å². The SMILES string of the molecule is CNC(=O)c1ccc(NC(=O)Nc2ccccc2OC)cc1. The molecule has 0 aliphatic heterocycles. The molecule has 6 nitrogen and oxygen atoms in total. The zero-order valence-corrected chi connectivity index (χ0v) is 12.3. The Kier molecular flexibility index (Phi) is 4.98. The molecule has 0 unspecified atom stereocenters. The van der Waals surface area contributed by atoms with Crippen LogP contribution in [0.3, 0.4) is 0 Å². The quantitative estimate of drug-likeness (QED) is 0.812. The number of anilines is 2. The van der Waals surface area contributed by atoms with Gasteiger partial charge in [-0.1, -0.05) is 12.1 Å². The first kappa shape index (κ1) is 15.4. The van der Waals surface area contributed by atoms with Crippen molar-refractivity contribution < 1.29 is 14.3 Å². The fourth-order valence-electron chi connectivity index (χ4n) is 1.88. The van der Waals surface area contributed by atoms with Crippen LogP contribution < -0.4 is 20.7 Å². The van der Waals surface area contributed by atoms with Gasteiger partial charge in [-0.2, -0.15) is 0 Å². The molecule has 3 N–H and O–H groups in total. The highest BCUT2D eigenvalue weighted by atomic mass is 16.5. The number of ether oxygens (including phenoxy) is 1. The van der Waals surface area contributed by atoms with Gasteiger partial charge >= 0.3 is 6.03 Å². The molecule has 6 heteroatoms. The Morgan fingerprint density at radius 3 is 2.27 bits per heavy atom. The van der Waals surface area contributed by atoms with Crippen molar-refractivity contribution >= 4 is 23.3 Å². The van der Waals surface area contributed by atoms with E-state index in [1.54, 1.807) is 49.5 Å². The molecule has 3 amide bonds. The van der Waals surface area contributed by atoms with Gasteiger partial charge in [0.05, 0.1) is 12.8 Å². The highest BCUT2D eigenvalue weighted by Crippen LogP contribution is 2.23. The maximum Gasteiger partial charge on any atom is 0.323 e. The maximum absolute atomic E-state index is 12.0. The van der Waals surface area contributed by atoms with Gasteiger partial charge in [0.1, 0.15) is 5.75 Å². The molecule has 0 atom stereocenters. The largest absolute Gasteiger partial charge is 0.495 e. The maximum atomic E-state index is 12.0. The van der Waals surface area contributed by atoms with E-state index in [2.05, 4.69) is 16.0 Å². The third-order valence-electron chi connectivity index (χ3n) is 2.99. The molecule has 0 aliphatic carbocycles. The first-order valence-electron chi connectivity index (χ1n) is 6.67. The molecule has 0 saturated carbocycles. The number of carbonyl (C=O) groups excluding carboxylic acids is 2. The van der Waals surface area contributed by atoms with Crippen molar-refractivity contribution in [3.8, 4) is 5.75 Å². The molecule has 0 radical (unpaired) electrons. The fraction of sp³-hybridized carbons (Fsp3) is 0.125. The van der Waals surface area contributed by atoms with Crippen LogP contribution in [0.2, 0.25) is 0 Å². The zero-order chi connectivity index (χ0) is 15.9. The van der Waals surface area contributed by atoms with Gasteiger partial charge in [-0.3, -0.25) is 4.79 Å². The average molecular weight is 299 g/mol. The van der Waals surface area contributed by atoms with Gasteiger partial charge in [0, 0.05) is 18.3 Å². The van der Waals surface area contributed by atoms with E-state index in [-0.39, 0.29) is 5.91 Å². The lowest BCUT2D eigenvalue weighted by Crippen LogP contribution is -2.20. The van der Waals surface area contributed by atoms with Crippen LogP contribution in [0.4, 0.5) is 16.2 Å². The summed E-state index contributed by atoms with van der Waals surface area (Å²) in [5, 5.41) is 7.93. The van der Waals surface area contributed by atoms with Crippen molar-refractivity contribution in [2.45, 2.75) is 0 Å². The second-order valence-corrected chi connectivity index (χ2v) is 4.44. The van der Waals surface area contributed by atoms with Crippen LogP contribution >= 0.6 is 0 Å². The van der Waals surface area contributed by atoms with Crippen molar-refractivity contribution in [3.63, 3.8) is 0 Å². The number of rotatable bonds is 4. The number of urea groups is 1. The second-order valence-electron chi connectivity index (χ2n) is 4.44. The van der Waals surface area contributed by atoms with Crippen molar-refractivity contribution in [1.29, 1.82) is 0 Å². The fourth-order valence-corrected chi connectivity index (χ4v) is 1.88. The number of hydrogen-bond donors (Lipinski definition) is 3. The van der Waals surface area contributed by atoms with E-state index in [0.717, 1.165) is 0 Å². The van der Waals surface area contributed by atoms with Crippen LogP contribution in [0.1, 0.15) is 10.4 Å². The van der Waals surface area contributed by atoms with E-state index in [1.165, 1.54) is 7.11 Å². The Hall–Kier alpha value is -3.02. The Labute approximate surface area is 128 Å². The normalized spacial score (nSPS) is 9.73. The Morgan fingerprint density at radius 1 is 0.955 bits per heavy atom. The molecular weight excluding hydrogens is 282 g/mol. The standard InChI is InChI=1S/C16H17N3O3/c1-17-15(20)11-7-9-12(10-8-11)18-16(21)19-13-5-3-4-6-14(13)22-2/h3-10H,1-2H3,(H,17,20)(H2,18,19,21). The molecule has 0 aromatic heterocycles. The van der Waals surface area contributed by atoms with Crippen molar-refractivity contribution in [2.24, 2.45) is 0 Å². The monoisotopic (exact) mass is 299 g/mol. The molecule has 0 heterocycles. The number of amides is 3. The number of nitrogens with one attached hydrogen (secondary N) is 3. The molecule has 22 heavy (non-hydrogen) atoms. The van der Waals surface area contributed by atoms with Crippen molar-refractivity contribution in [1.82, 2.24) is 5.32 Å². The Morgan fingerprint density at radius 2 is 1.64 bits per heavy atom.